The van der Waals surface area contributed by atoms with Crippen LogP contribution in [0.5, 0.6) is 0 Å². The zero-order chi connectivity index (χ0) is 10.1. The van der Waals surface area contributed by atoms with Crippen molar-refractivity contribution >= 4 is 5.78 Å². The Labute approximate surface area is 80.7 Å². The maximum Gasteiger partial charge on any atom is 0.167 e. The molecule has 76 valence electrons. The quantitative estimate of drug-likeness (QED) is 0.673. The van der Waals surface area contributed by atoms with Crippen molar-refractivity contribution in [1.82, 2.24) is 0 Å². The zero-order valence-corrected chi connectivity index (χ0v) is 9.09. The van der Waals surface area contributed by atoms with E-state index >= 15 is 0 Å². The van der Waals surface area contributed by atoms with Gasteiger partial charge in [-0.2, -0.15) is 0 Å². The summed E-state index contributed by atoms with van der Waals surface area (Å²) in [7, 11) is 0. The first-order valence-electron chi connectivity index (χ1n) is 5.19. The fourth-order valence-corrected chi connectivity index (χ4v) is 2.08. The minimum atomic E-state index is -0.464. The van der Waals surface area contributed by atoms with Crippen molar-refractivity contribution in [3.63, 3.8) is 0 Å². The summed E-state index contributed by atoms with van der Waals surface area (Å²) >= 11 is 0. The van der Waals surface area contributed by atoms with Gasteiger partial charge in [-0.05, 0) is 18.8 Å². The number of carbonyl (C=O) groups is 1. The third kappa shape index (κ3) is 1.78. The summed E-state index contributed by atoms with van der Waals surface area (Å²) in [5, 5.41) is 0. The van der Waals surface area contributed by atoms with Crippen LogP contribution in [0.15, 0.2) is 0 Å². The van der Waals surface area contributed by atoms with Crippen LogP contribution in [0.1, 0.15) is 40.5 Å². The molecule has 0 N–H and O–H groups in total. The van der Waals surface area contributed by atoms with Gasteiger partial charge in [-0.3, -0.25) is 4.79 Å². The lowest BCUT2D eigenvalue weighted by Crippen LogP contribution is -2.45. The third-order valence-corrected chi connectivity index (χ3v) is 2.93. The molecule has 1 aliphatic rings. The van der Waals surface area contributed by atoms with Crippen molar-refractivity contribution in [2.45, 2.75) is 46.1 Å². The number of rotatable bonds is 3. The number of carbonyl (C=O) groups excluding carboxylic acids is 1. The van der Waals surface area contributed by atoms with Gasteiger partial charge in [0.1, 0.15) is 5.60 Å². The van der Waals surface area contributed by atoms with E-state index in [9.17, 15) is 4.79 Å². The molecular formula is C11H20O2. The minimum absolute atomic E-state index is 0.0838. The van der Waals surface area contributed by atoms with Gasteiger partial charge in [0.25, 0.3) is 0 Å². The van der Waals surface area contributed by atoms with Crippen LogP contribution >= 0.6 is 0 Å². The molecule has 0 saturated carbocycles. The average molecular weight is 184 g/mol. The van der Waals surface area contributed by atoms with Crippen molar-refractivity contribution in [3.05, 3.63) is 0 Å². The van der Waals surface area contributed by atoms with Gasteiger partial charge in [-0.25, -0.2) is 0 Å². The number of hydrogen-bond donors (Lipinski definition) is 0. The highest BCUT2D eigenvalue weighted by atomic mass is 16.5. The van der Waals surface area contributed by atoms with Crippen molar-refractivity contribution < 1.29 is 9.53 Å². The van der Waals surface area contributed by atoms with Gasteiger partial charge < -0.3 is 4.74 Å². The van der Waals surface area contributed by atoms with Gasteiger partial charge in [0.15, 0.2) is 5.78 Å². The normalized spacial score (nSPS) is 28.8. The Kier molecular flexibility index (Phi) is 3.12. The number of Topliss-reactive ketones (excluding diaryl/α,β-unsaturated/α-hetero) is 1. The summed E-state index contributed by atoms with van der Waals surface area (Å²) in [5.41, 5.74) is -0.464. The predicted octanol–water partition coefficient (Wildman–Crippen LogP) is 2.42. The monoisotopic (exact) mass is 184 g/mol. The predicted molar refractivity (Wildman–Crippen MR) is 52.6 cm³/mol. The van der Waals surface area contributed by atoms with Crippen molar-refractivity contribution in [2.75, 3.05) is 6.61 Å². The Morgan fingerprint density at radius 2 is 1.92 bits per heavy atom. The van der Waals surface area contributed by atoms with Crippen LogP contribution in [0.25, 0.3) is 0 Å². The highest BCUT2D eigenvalue weighted by Gasteiger charge is 2.45. The Hall–Kier alpha value is -0.370. The van der Waals surface area contributed by atoms with E-state index in [-0.39, 0.29) is 11.7 Å². The SMILES string of the molecule is CC(C)C(=O)[C@@]1(C(C)C)CCCO1. The summed E-state index contributed by atoms with van der Waals surface area (Å²) in [4.78, 5) is 12.0. The largest absolute Gasteiger partial charge is 0.367 e. The molecule has 2 heteroatoms. The van der Waals surface area contributed by atoms with Gasteiger partial charge in [0.05, 0.1) is 0 Å². The second-order valence-electron chi connectivity index (χ2n) is 4.52. The Balaban J connectivity index is 2.84. The molecular weight excluding hydrogens is 164 g/mol. The Morgan fingerprint density at radius 3 is 2.23 bits per heavy atom. The third-order valence-electron chi connectivity index (χ3n) is 2.93. The van der Waals surface area contributed by atoms with Crippen molar-refractivity contribution in [3.8, 4) is 0 Å². The fourth-order valence-electron chi connectivity index (χ4n) is 2.08. The first-order chi connectivity index (χ1) is 6.00. The molecule has 2 nitrogen and oxygen atoms in total. The van der Waals surface area contributed by atoms with Gasteiger partial charge in [-0.1, -0.05) is 27.7 Å². The lowest BCUT2D eigenvalue weighted by atomic mass is 9.79. The van der Waals surface area contributed by atoms with Gasteiger partial charge >= 0.3 is 0 Å². The average Bonchev–Trinajstić information content (AvgIpc) is 2.51. The highest BCUT2D eigenvalue weighted by molar-refractivity contribution is 5.89. The Morgan fingerprint density at radius 1 is 1.31 bits per heavy atom. The molecule has 0 aliphatic carbocycles. The molecule has 0 aromatic rings. The van der Waals surface area contributed by atoms with Crippen molar-refractivity contribution in [2.24, 2.45) is 11.8 Å². The van der Waals surface area contributed by atoms with E-state index in [1.165, 1.54) is 0 Å². The molecule has 1 fully saturated rings. The van der Waals surface area contributed by atoms with Gasteiger partial charge in [0.2, 0.25) is 0 Å². The molecule has 1 atom stereocenters. The molecule has 0 radical (unpaired) electrons. The van der Waals surface area contributed by atoms with Crippen molar-refractivity contribution in [1.29, 1.82) is 0 Å². The molecule has 1 rings (SSSR count). The molecule has 1 aliphatic heterocycles. The summed E-state index contributed by atoms with van der Waals surface area (Å²) in [6.45, 7) is 8.80. The second-order valence-corrected chi connectivity index (χ2v) is 4.52. The second kappa shape index (κ2) is 3.79. The van der Waals surface area contributed by atoms with Gasteiger partial charge in [0, 0.05) is 12.5 Å². The molecule has 13 heavy (non-hydrogen) atoms. The summed E-state index contributed by atoms with van der Waals surface area (Å²) < 4.78 is 5.68. The van der Waals surface area contributed by atoms with E-state index < -0.39 is 5.60 Å². The minimum Gasteiger partial charge on any atom is -0.367 e. The maximum atomic E-state index is 12.0. The first-order valence-corrected chi connectivity index (χ1v) is 5.19. The van der Waals surface area contributed by atoms with Gasteiger partial charge in [-0.15, -0.1) is 0 Å². The number of ether oxygens (including phenoxy) is 1. The standard InChI is InChI=1S/C11H20O2/c1-8(2)10(12)11(9(3)4)6-5-7-13-11/h8-9H,5-7H2,1-4H3/t11-/m0/s1. The smallest absolute Gasteiger partial charge is 0.167 e. The lowest BCUT2D eigenvalue weighted by molar-refractivity contribution is -0.147. The van der Waals surface area contributed by atoms with E-state index in [2.05, 4.69) is 13.8 Å². The van der Waals surface area contributed by atoms with Crippen LogP contribution in [-0.4, -0.2) is 18.0 Å². The first kappa shape index (κ1) is 10.7. The maximum absolute atomic E-state index is 12.0. The zero-order valence-electron chi connectivity index (χ0n) is 9.09. The van der Waals surface area contributed by atoms with E-state index in [4.69, 9.17) is 4.74 Å². The lowest BCUT2D eigenvalue weighted by Gasteiger charge is -2.32. The van der Waals surface area contributed by atoms with E-state index in [1.54, 1.807) is 0 Å². The molecule has 0 amide bonds. The highest BCUT2D eigenvalue weighted by Crippen LogP contribution is 2.35. The summed E-state index contributed by atoms with van der Waals surface area (Å²) in [5.74, 6) is 0.658. The fraction of sp³-hybridized carbons (Fsp3) is 0.909. The van der Waals surface area contributed by atoms with Crippen LogP contribution in [0, 0.1) is 11.8 Å². The van der Waals surface area contributed by atoms with Crippen LogP contribution < -0.4 is 0 Å². The molecule has 0 bridgehead atoms. The van der Waals surface area contributed by atoms with Crippen LogP contribution in [-0.2, 0) is 9.53 Å². The molecule has 1 saturated heterocycles. The van der Waals surface area contributed by atoms with Crippen LogP contribution in [0.2, 0.25) is 0 Å². The Bertz CT molecular complexity index is 188. The number of hydrogen-bond acceptors (Lipinski definition) is 2. The van der Waals surface area contributed by atoms with E-state index in [0.717, 1.165) is 19.4 Å². The van der Waals surface area contributed by atoms with E-state index in [0.29, 0.717) is 5.92 Å². The molecule has 0 unspecified atom stereocenters. The molecule has 0 spiro atoms. The molecule has 1 heterocycles. The van der Waals surface area contributed by atoms with E-state index in [1.807, 2.05) is 13.8 Å². The summed E-state index contributed by atoms with van der Waals surface area (Å²) in [6.07, 6.45) is 1.93. The summed E-state index contributed by atoms with van der Waals surface area (Å²) in [6, 6.07) is 0. The van der Waals surface area contributed by atoms with Crippen LogP contribution in [0.4, 0.5) is 0 Å². The topological polar surface area (TPSA) is 26.3 Å². The van der Waals surface area contributed by atoms with Crippen LogP contribution in [0.3, 0.4) is 0 Å². The molecule has 0 aromatic carbocycles. The molecule has 0 aromatic heterocycles. The number of ketones is 1.